The number of amides is 1. The molecule has 6 nitrogen and oxygen atoms in total. The smallest absolute Gasteiger partial charge is 0.272 e. The highest BCUT2D eigenvalue weighted by molar-refractivity contribution is 5.93. The fourth-order valence-electron chi connectivity index (χ4n) is 2.88. The maximum absolute atomic E-state index is 12.6. The van der Waals surface area contributed by atoms with E-state index in [1.54, 1.807) is 13.2 Å². The van der Waals surface area contributed by atoms with E-state index in [4.69, 9.17) is 9.47 Å². The van der Waals surface area contributed by atoms with Crippen LogP contribution in [0.25, 0.3) is 11.3 Å². The van der Waals surface area contributed by atoms with Crippen LogP contribution >= 0.6 is 0 Å². The highest BCUT2D eigenvalue weighted by atomic mass is 16.5. The molecule has 1 aromatic heterocycles. The summed E-state index contributed by atoms with van der Waals surface area (Å²) in [5, 5.41) is 7.10. The molecule has 1 fully saturated rings. The second-order valence-corrected chi connectivity index (χ2v) is 5.87. The van der Waals surface area contributed by atoms with Gasteiger partial charge in [-0.15, -0.1) is 0 Å². The molecular weight excluding hydrogens is 294 g/mol. The quantitative estimate of drug-likeness (QED) is 0.944. The molecule has 1 amide bonds. The minimum Gasteiger partial charge on any atom is -0.497 e. The number of carbonyl (C=O) groups is 1. The lowest BCUT2D eigenvalue weighted by Crippen LogP contribution is -2.48. The summed E-state index contributed by atoms with van der Waals surface area (Å²) in [5.74, 6) is 0.711. The fourth-order valence-corrected chi connectivity index (χ4v) is 2.88. The van der Waals surface area contributed by atoms with Gasteiger partial charge in [-0.3, -0.25) is 9.89 Å². The number of methoxy groups -OCH3 is 1. The number of aromatic amines is 1. The van der Waals surface area contributed by atoms with Crippen LogP contribution in [0.2, 0.25) is 0 Å². The van der Waals surface area contributed by atoms with E-state index in [0.29, 0.717) is 18.8 Å². The van der Waals surface area contributed by atoms with Crippen LogP contribution in [0.1, 0.15) is 24.3 Å². The molecule has 0 radical (unpaired) electrons. The Balaban J connectivity index is 1.79. The van der Waals surface area contributed by atoms with Gasteiger partial charge in [0.25, 0.3) is 5.91 Å². The third-order valence-corrected chi connectivity index (χ3v) is 3.88. The zero-order chi connectivity index (χ0) is 16.4. The van der Waals surface area contributed by atoms with Crippen molar-refractivity contribution in [1.82, 2.24) is 15.1 Å². The lowest BCUT2D eigenvalue weighted by molar-refractivity contribution is -0.0587. The first kappa shape index (κ1) is 15.6. The number of hydrogen-bond donors (Lipinski definition) is 1. The van der Waals surface area contributed by atoms with Crippen molar-refractivity contribution >= 4 is 5.91 Å². The molecule has 2 heterocycles. The van der Waals surface area contributed by atoms with Crippen molar-refractivity contribution in [2.45, 2.75) is 26.1 Å². The van der Waals surface area contributed by atoms with Crippen molar-refractivity contribution in [3.05, 3.63) is 36.0 Å². The predicted molar refractivity (Wildman–Crippen MR) is 86.5 cm³/mol. The molecule has 6 heteroatoms. The maximum atomic E-state index is 12.6. The van der Waals surface area contributed by atoms with E-state index in [2.05, 4.69) is 10.2 Å². The molecule has 1 aromatic carbocycles. The Morgan fingerprint density at radius 2 is 2.04 bits per heavy atom. The lowest BCUT2D eigenvalue weighted by Gasteiger charge is -2.34. The van der Waals surface area contributed by atoms with Crippen LogP contribution in [0.3, 0.4) is 0 Å². The molecule has 1 aliphatic heterocycles. The van der Waals surface area contributed by atoms with E-state index in [1.165, 1.54) is 0 Å². The lowest BCUT2D eigenvalue weighted by atomic mass is 10.1. The summed E-state index contributed by atoms with van der Waals surface area (Å²) in [7, 11) is 1.62. The number of H-pyrrole nitrogens is 1. The van der Waals surface area contributed by atoms with Gasteiger partial charge >= 0.3 is 0 Å². The van der Waals surface area contributed by atoms with E-state index in [1.807, 2.05) is 43.0 Å². The molecule has 0 aliphatic carbocycles. The van der Waals surface area contributed by atoms with Gasteiger partial charge < -0.3 is 14.4 Å². The number of hydrogen-bond acceptors (Lipinski definition) is 4. The summed E-state index contributed by atoms with van der Waals surface area (Å²) in [4.78, 5) is 14.4. The van der Waals surface area contributed by atoms with Crippen molar-refractivity contribution in [3.8, 4) is 17.0 Å². The van der Waals surface area contributed by atoms with Gasteiger partial charge in [0.1, 0.15) is 11.4 Å². The van der Waals surface area contributed by atoms with Gasteiger partial charge in [-0.05, 0) is 32.0 Å². The number of carbonyl (C=O) groups excluding carboxylic acids is 1. The first-order valence-electron chi connectivity index (χ1n) is 7.71. The van der Waals surface area contributed by atoms with Gasteiger partial charge in [-0.2, -0.15) is 5.10 Å². The summed E-state index contributed by atoms with van der Waals surface area (Å²) in [6, 6.07) is 9.38. The van der Waals surface area contributed by atoms with Crippen LogP contribution in [0, 0.1) is 0 Å². The van der Waals surface area contributed by atoms with Gasteiger partial charge in [-0.1, -0.05) is 12.1 Å². The summed E-state index contributed by atoms with van der Waals surface area (Å²) in [6.45, 7) is 5.14. The van der Waals surface area contributed by atoms with Crippen molar-refractivity contribution in [2.24, 2.45) is 0 Å². The number of nitrogens with zero attached hydrogens (tertiary/aromatic N) is 2. The first-order valence-corrected chi connectivity index (χ1v) is 7.71. The fraction of sp³-hybridized carbons (Fsp3) is 0.412. The van der Waals surface area contributed by atoms with E-state index in [0.717, 1.165) is 17.0 Å². The van der Waals surface area contributed by atoms with Gasteiger partial charge in [0.15, 0.2) is 0 Å². The zero-order valence-corrected chi connectivity index (χ0v) is 13.6. The first-order chi connectivity index (χ1) is 11.1. The molecule has 3 rings (SSSR count). The molecule has 1 saturated heterocycles. The number of ether oxygens (including phenoxy) is 2. The van der Waals surface area contributed by atoms with Crippen molar-refractivity contribution < 1.29 is 14.3 Å². The van der Waals surface area contributed by atoms with E-state index in [-0.39, 0.29) is 18.1 Å². The highest BCUT2D eigenvalue weighted by Crippen LogP contribution is 2.23. The number of morpholine rings is 1. The Morgan fingerprint density at radius 1 is 1.30 bits per heavy atom. The Morgan fingerprint density at radius 3 is 2.74 bits per heavy atom. The molecule has 2 aromatic rings. The average molecular weight is 315 g/mol. The highest BCUT2D eigenvalue weighted by Gasteiger charge is 2.27. The third kappa shape index (κ3) is 3.37. The average Bonchev–Trinajstić information content (AvgIpc) is 3.03. The summed E-state index contributed by atoms with van der Waals surface area (Å²) in [6.07, 6.45) is 0.0898. The number of benzene rings is 1. The van der Waals surface area contributed by atoms with E-state index >= 15 is 0 Å². The van der Waals surface area contributed by atoms with Crippen molar-refractivity contribution in [1.29, 1.82) is 0 Å². The second kappa shape index (κ2) is 6.42. The zero-order valence-electron chi connectivity index (χ0n) is 13.6. The predicted octanol–water partition coefficient (Wildman–Crippen LogP) is 2.33. The Labute approximate surface area is 135 Å². The number of rotatable bonds is 3. The molecule has 122 valence electrons. The maximum Gasteiger partial charge on any atom is 0.272 e. The minimum absolute atomic E-state index is 0.0449. The Bertz CT molecular complexity index is 688. The third-order valence-electron chi connectivity index (χ3n) is 3.88. The largest absolute Gasteiger partial charge is 0.497 e. The van der Waals surface area contributed by atoms with Crippen LogP contribution in [-0.4, -0.2) is 53.4 Å². The number of aromatic nitrogens is 2. The molecule has 0 spiro atoms. The van der Waals surface area contributed by atoms with Gasteiger partial charge in [0, 0.05) is 18.7 Å². The van der Waals surface area contributed by atoms with E-state index in [9.17, 15) is 4.79 Å². The summed E-state index contributed by atoms with van der Waals surface area (Å²) in [5.41, 5.74) is 2.12. The molecular formula is C17H21N3O3. The Kier molecular flexibility index (Phi) is 4.34. The molecule has 0 unspecified atom stereocenters. The number of nitrogens with one attached hydrogen (secondary N) is 1. The van der Waals surface area contributed by atoms with Crippen LogP contribution < -0.4 is 4.74 Å². The molecule has 0 bridgehead atoms. The normalized spacial score (nSPS) is 21.3. The van der Waals surface area contributed by atoms with Crippen LogP contribution in [-0.2, 0) is 4.74 Å². The monoisotopic (exact) mass is 315 g/mol. The van der Waals surface area contributed by atoms with E-state index < -0.39 is 0 Å². The van der Waals surface area contributed by atoms with Crippen LogP contribution in [0.15, 0.2) is 30.3 Å². The topological polar surface area (TPSA) is 67.4 Å². The molecule has 1 aliphatic rings. The van der Waals surface area contributed by atoms with Crippen LogP contribution in [0.5, 0.6) is 5.75 Å². The summed E-state index contributed by atoms with van der Waals surface area (Å²) < 4.78 is 10.9. The molecule has 23 heavy (non-hydrogen) atoms. The van der Waals surface area contributed by atoms with Crippen molar-refractivity contribution in [2.75, 3.05) is 20.2 Å². The Hall–Kier alpha value is -2.34. The molecule has 0 saturated carbocycles. The van der Waals surface area contributed by atoms with Gasteiger partial charge in [0.05, 0.1) is 25.0 Å². The van der Waals surface area contributed by atoms with Crippen LogP contribution in [0.4, 0.5) is 0 Å². The SMILES string of the molecule is COc1cccc(-c2cc(C(=O)N3C[C@@H](C)O[C@H](C)C3)[nH]n2)c1. The molecule has 2 atom stereocenters. The van der Waals surface area contributed by atoms with Gasteiger partial charge in [-0.25, -0.2) is 0 Å². The minimum atomic E-state index is -0.0475. The van der Waals surface area contributed by atoms with Gasteiger partial charge in [0.2, 0.25) is 0 Å². The molecule has 1 N–H and O–H groups in total. The standard InChI is InChI=1S/C17H21N3O3/c1-11-9-20(10-12(2)23-11)17(21)16-8-15(18-19-16)13-5-4-6-14(7-13)22-3/h4-8,11-12H,9-10H2,1-3H3,(H,18,19)/t11-,12-/m1/s1. The van der Waals surface area contributed by atoms with Crippen molar-refractivity contribution in [3.63, 3.8) is 0 Å². The summed E-state index contributed by atoms with van der Waals surface area (Å²) >= 11 is 0. The second-order valence-electron chi connectivity index (χ2n) is 5.87.